The van der Waals surface area contributed by atoms with Gasteiger partial charge in [0.25, 0.3) is 0 Å². The number of rotatable bonds is 6. The summed E-state index contributed by atoms with van der Waals surface area (Å²) >= 11 is 5.57. The summed E-state index contributed by atoms with van der Waals surface area (Å²) in [6.45, 7) is 2.16. The maximum Gasteiger partial charge on any atom is 0.159 e. The van der Waals surface area contributed by atoms with E-state index in [1.165, 1.54) is 0 Å². The van der Waals surface area contributed by atoms with Crippen molar-refractivity contribution in [2.75, 3.05) is 21.2 Å². The summed E-state index contributed by atoms with van der Waals surface area (Å²) < 4.78 is 5.80. The van der Waals surface area contributed by atoms with Crippen LogP contribution in [-0.2, 0) is 10.3 Å². The molecule has 0 aliphatic rings. The van der Waals surface area contributed by atoms with Gasteiger partial charge in [0.1, 0.15) is 4.99 Å². The fourth-order valence-electron chi connectivity index (χ4n) is 2.03. The van der Waals surface area contributed by atoms with Gasteiger partial charge in [-0.05, 0) is 25.0 Å². The van der Waals surface area contributed by atoms with Gasteiger partial charge in [-0.25, -0.2) is 0 Å². The Kier molecular flexibility index (Phi) is 5.69. The molecule has 0 spiro atoms. The monoisotopic (exact) mass is 266 g/mol. The van der Waals surface area contributed by atoms with Crippen LogP contribution < -0.4 is 0 Å². The Morgan fingerprint density at radius 1 is 1.44 bits per heavy atom. The van der Waals surface area contributed by atoms with Crippen molar-refractivity contribution in [2.45, 2.75) is 31.8 Å². The number of nitrogens with zero attached hydrogens (tertiary/aromatic N) is 2. The normalized spacial score (nSPS) is 14.0. The third-order valence-electron chi connectivity index (χ3n) is 3.06. The second kappa shape index (κ2) is 6.81. The van der Waals surface area contributed by atoms with Crippen molar-refractivity contribution in [1.82, 2.24) is 9.88 Å². The Morgan fingerprint density at radius 3 is 2.61 bits per heavy atom. The van der Waals surface area contributed by atoms with Gasteiger partial charge in [-0.1, -0.05) is 31.6 Å². The van der Waals surface area contributed by atoms with Gasteiger partial charge in [0.05, 0.1) is 5.69 Å². The van der Waals surface area contributed by atoms with Crippen molar-refractivity contribution in [1.29, 1.82) is 0 Å². The van der Waals surface area contributed by atoms with E-state index < -0.39 is 5.60 Å². The zero-order valence-corrected chi connectivity index (χ0v) is 12.5. The molecule has 1 aromatic heterocycles. The van der Waals surface area contributed by atoms with E-state index in [4.69, 9.17) is 17.0 Å². The predicted octanol–water partition coefficient (Wildman–Crippen LogP) is 3.00. The lowest BCUT2D eigenvalue weighted by molar-refractivity contribution is 0.0286. The molecule has 0 N–H and O–H groups in total. The van der Waals surface area contributed by atoms with Crippen LogP contribution in [0.5, 0.6) is 0 Å². The molecule has 18 heavy (non-hydrogen) atoms. The lowest BCUT2D eigenvalue weighted by Gasteiger charge is -2.35. The van der Waals surface area contributed by atoms with E-state index in [0.29, 0.717) is 0 Å². The number of pyridine rings is 1. The first-order chi connectivity index (χ1) is 8.58. The van der Waals surface area contributed by atoms with Crippen LogP contribution in [0.1, 0.15) is 31.9 Å². The smallest absolute Gasteiger partial charge is 0.159 e. The molecule has 4 heteroatoms. The fraction of sp³-hybridized carbons (Fsp3) is 0.571. The minimum absolute atomic E-state index is 0.587. The molecule has 0 aromatic carbocycles. The Balaban J connectivity index is 3.18. The number of methoxy groups -OCH3 is 1. The molecule has 3 nitrogen and oxygen atoms in total. The highest BCUT2D eigenvalue weighted by molar-refractivity contribution is 7.80. The molecule has 0 saturated carbocycles. The van der Waals surface area contributed by atoms with E-state index in [2.05, 4.69) is 11.9 Å². The summed E-state index contributed by atoms with van der Waals surface area (Å²) in [7, 11) is 5.61. The van der Waals surface area contributed by atoms with E-state index >= 15 is 0 Å². The molecule has 0 fully saturated rings. The minimum atomic E-state index is -0.587. The number of likely N-dealkylation sites (N-methyl/N-ethyl adjacent to an activating group) is 1. The van der Waals surface area contributed by atoms with Gasteiger partial charge < -0.3 is 9.64 Å². The van der Waals surface area contributed by atoms with Crippen LogP contribution in [0.3, 0.4) is 0 Å². The average molecular weight is 266 g/mol. The molecule has 0 bridgehead atoms. The zero-order chi connectivity index (χ0) is 13.6. The van der Waals surface area contributed by atoms with Gasteiger partial charge in [0, 0.05) is 27.4 Å². The molecule has 0 amide bonds. The summed E-state index contributed by atoms with van der Waals surface area (Å²) in [4.78, 5) is 7.15. The molecule has 1 rings (SSSR count). The highest BCUT2D eigenvalue weighted by atomic mass is 32.1. The standard InChI is InChI=1S/C14H22N2OS/c1-5-6-10-14(17-4,13(18)16(2)3)12-9-7-8-11-15-12/h7-9,11H,5-6,10H2,1-4H3. The van der Waals surface area contributed by atoms with Gasteiger partial charge in [0.2, 0.25) is 0 Å². The second-order valence-corrected chi connectivity index (χ2v) is 4.94. The van der Waals surface area contributed by atoms with E-state index in [1.807, 2.05) is 37.2 Å². The maximum absolute atomic E-state index is 5.80. The van der Waals surface area contributed by atoms with Crippen LogP contribution in [0, 0.1) is 0 Å². The molecule has 0 saturated heterocycles. The summed E-state index contributed by atoms with van der Waals surface area (Å²) in [6, 6.07) is 5.86. The first-order valence-corrected chi connectivity index (χ1v) is 6.67. The Labute approximate surface area is 115 Å². The molecular formula is C14H22N2OS. The number of hydrogen-bond acceptors (Lipinski definition) is 3. The number of hydrogen-bond donors (Lipinski definition) is 0. The fourth-order valence-corrected chi connectivity index (χ4v) is 2.32. The molecular weight excluding hydrogens is 244 g/mol. The molecule has 1 aromatic rings. The van der Waals surface area contributed by atoms with Gasteiger partial charge in [-0.2, -0.15) is 0 Å². The largest absolute Gasteiger partial charge is 0.370 e. The van der Waals surface area contributed by atoms with Gasteiger partial charge in [-0.15, -0.1) is 0 Å². The van der Waals surface area contributed by atoms with Gasteiger partial charge in [0.15, 0.2) is 5.60 Å². The SMILES string of the molecule is CCCCC(OC)(C(=S)N(C)C)c1ccccn1. The van der Waals surface area contributed by atoms with Crippen LogP contribution >= 0.6 is 12.2 Å². The molecule has 100 valence electrons. The van der Waals surface area contributed by atoms with E-state index in [1.54, 1.807) is 13.3 Å². The van der Waals surface area contributed by atoms with Crippen molar-refractivity contribution in [3.8, 4) is 0 Å². The van der Waals surface area contributed by atoms with Crippen LogP contribution in [0.4, 0.5) is 0 Å². The van der Waals surface area contributed by atoms with Gasteiger partial charge in [-0.3, -0.25) is 4.98 Å². The highest BCUT2D eigenvalue weighted by Gasteiger charge is 2.38. The summed E-state index contributed by atoms with van der Waals surface area (Å²) in [6.07, 6.45) is 4.80. The van der Waals surface area contributed by atoms with Crippen LogP contribution in [0.25, 0.3) is 0 Å². The van der Waals surface area contributed by atoms with E-state index in [9.17, 15) is 0 Å². The quantitative estimate of drug-likeness (QED) is 0.739. The lowest BCUT2D eigenvalue weighted by atomic mass is 9.91. The third kappa shape index (κ3) is 3.06. The maximum atomic E-state index is 5.80. The third-order valence-corrected chi connectivity index (χ3v) is 3.76. The Hall–Kier alpha value is -1.00. The molecule has 0 aliphatic heterocycles. The van der Waals surface area contributed by atoms with Crippen molar-refractivity contribution >= 4 is 17.2 Å². The first-order valence-electron chi connectivity index (χ1n) is 6.27. The minimum Gasteiger partial charge on any atom is -0.370 e. The number of thiocarbonyl (C=S) groups is 1. The highest BCUT2D eigenvalue weighted by Crippen LogP contribution is 2.32. The van der Waals surface area contributed by atoms with E-state index in [-0.39, 0.29) is 0 Å². The number of unbranched alkanes of at least 4 members (excludes halogenated alkanes) is 1. The van der Waals surface area contributed by atoms with Crippen LogP contribution in [0.2, 0.25) is 0 Å². The summed E-state index contributed by atoms with van der Waals surface area (Å²) in [5, 5.41) is 0. The van der Waals surface area contributed by atoms with Gasteiger partial charge >= 0.3 is 0 Å². The Morgan fingerprint density at radius 2 is 2.17 bits per heavy atom. The molecule has 1 unspecified atom stereocenters. The topological polar surface area (TPSA) is 25.4 Å². The lowest BCUT2D eigenvalue weighted by Crippen LogP contribution is -2.44. The van der Waals surface area contributed by atoms with Crippen LogP contribution in [0.15, 0.2) is 24.4 Å². The molecule has 1 heterocycles. The van der Waals surface area contributed by atoms with Crippen molar-refractivity contribution in [2.24, 2.45) is 0 Å². The second-order valence-electron chi connectivity index (χ2n) is 4.55. The predicted molar refractivity (Wildman–Crippen MR) is 78.7 cm³/mol. The van der Waals surface area contributed by atoms with Crippen molar-refractivity contribution in [3.05, 3.63) is 30.1 Å². The average Bonchev–Trinajstić information content (AvgIpc) is 2.41. The zero-order valence-electron chi connectivity index (χ0n) is 11.6. The number of aromatic nitrogens is 1. The summed E-state index contributed by atoms with van der Waals surface area (Å²) in [5.41, 5.74) is 0.301. The Bertz CT molecular complexity index is 381. The molecule has 0 aliphatic carbocycles. The van der Waals surface area contributed by atoms with E-state index in [0.717, 1.165) is 29.9 Å². The van der Waals surface area contributed by atoms with Crippen molar-refractivity contribution in [3.63, 3.8) is 0 Å². The number of ether oxygens (including phenoxy) is 1. The molecule has 1 atom stereocenters. The first kappa shape index (κ1) is 15.1. The van der Waals surface area contributed by atoms with Crippen molar-refractivity contribution < 1.29 is 4.74 Å². The summed E-state index contributed by atoms with van der Waals surface area (Å²) in [5.74, 6) is 0. The molecule has 0 radical (unpaired) electrons. The van der Waals surface area contributed by atoms with Crippen LogP contribution in [-0.4, -0.2) is 36.1 Å².